The van der Waals surface area contributed by atoms with Gasteiger partial charge in [0.05, 0.1) is 6.07 Å². The van der Waals surface area contributed by atoms with Gasteiger partial charge in [-0.2, -0.15) is 5.26 Å². The van der Waals surface area contributed by atoms with Crippen molar-refractivity contribution >= 4 is 29.3 Å². The Morgan fingerprint density at radius 3 is 2.76 bits per heavy atom. The van der Waals surface area contributed by atoms with Gasteiger partial charge in [-0.15, -0.1) is 23.1 Å². The Hall–Kier alpha value is -1.64. The number of rotatable bonds is 6. The minimum atomic E-state index is -0.326. The van der Waals surface area contributed by atoms with E-state index in [-0.39, 0.29) is 5.92 Å². The van der Waals surface area contributed by atoms with E-state index in [1.807, 2.05) is 12.3 Å². The summed E-state index contributed by atoms with van der Waals surface area (Å²) < 4.78 is 0. The minimum absolute atomic E-state index is 0.326. The van der Waals surface area contributed by atoms with Gasteiger partial charge in [0, 0.05) is 34.5 Å². The maximum Gasteiger partial charge on any atom is 0.133 e. The lowest BCUT2D eigenvalue weighted by molar-refractivity contribution is 1.06. The summed E-state index contributed by atoms with van der Waals surface area (Å²) in [5.74, 6) is 0.585. The standard InChI is InChI=1S/C16H17N3S2/c1-12-3-5-15(6-4-12)20-8-7-18-10-14(9-17)16-19-13(2)11-21-16/h3-6,10-11,14H,7-8H2,1-2H3. The molecule has 0 saturated heterocycles. The molecule has 0 bridgehead atoms. The average Bonchev–Trinajstić information content (AvgIpc) is 2.91. The van der Waals surface area contributed by atoms with Crippen LogP contribution in [0, 0.1) is 25.2 Å². The normalized spacial score (nSPS) is 12.4. The van der Waals surface area contributed by atoms with Crippen molar-refractivity contribution < 1.29 is 0 Å². The van der Waals surface area contributed by atoms with Crippen molar-refractivity contribution in [1.82, 2.24) is 4.98 Å². The zero-order chi connectivity index (χ0) is 15.1. The first-order valence-corrected chi connectivity index (χ1v) is 8.56. The van der Waals surface area contributed by atoms with Crippen LogP contribution < -0.4 is 0 Å². The van der Waals surface area contributed by atoms with Crippen molar-refractivity contribution in [2.24, 2.45) is 4.99 Å². The molecule has 108 valence electrons. The molecule has 1 aromatic heterocycles. The van der Waals surface area contributed by atoms with E-state index in [0.717, 1.165) is 16.5 Å². The Bertz CT molecular complexity index is 638. The van der Waals surface area contributed by atoms with Crippen molar-refractivity contribution in [2.75, 3.05) is 12.3 Å². The molecular weight excluding hydrogens is 298 g/mol. The molecule has 1 unspecified atom stereocenters. The highest BCUT2D eigenvalue weighted by molar-refractivity contribution is 7.99. The Kier molecular flexibility index (Phi) is 5.97. The first-order valence-electron chi connectivity index (χ1n) is 6.70. The molecule has 0 fully saturated rings. The van der Waals surface area contributed by atoms with Crippen LogP contribution in [-0.4, -0.2) is 23.5 Å². The molecule has 0 radical (unpaired) electrons. The smallest absolute Gasteiger partial charge is 0.133 e. The van der Waals surface area contributed by atoms with Crippen LogP contribution in [0.25, 0.3) is 0 Å². The molecule has 0 N–H and O–H groups in total. The van der Waals surface area contributed by atoms with Crippen LogP contribution in [0.15, 0.2) is 39.5 Å². The molecule has 2 aromatic rings. The van der Waals surface area contributed by atoms with Gasteiger partial charge in [0.25, 0.3) is 0 Å². The third-order valence-electron chi connectivity index (χ3n) is 2.81. The molecule has 1 aromatic carbocycles. The number of nitrogens with zero attached hydrogens (tertiary/aromatic N) is 3. The number of benzene rings is 1. The maximum atomic E-state index is 9.17. The number of aliphatic imine (C=N–C) groups is 1. The maximum absolute atomic E-state index is 9.17. The summed E-state index contributed by atoms with van der Waals surface area (Å²) in [4.78, 5) is 9.95. The number of aromatic nitrogens is 1. The molecule has 5 heteroatoms. The second-order valence-electron chi connectivity index (χ2n) is 4.65. The second-order valence-corrected chi connectivity index (χ2v) is 6.71. The van der Waals surface area contributed by atoms with E-state index in [0.29, 0.717) is 6.54 Å². The SMILES string of the molecule is Cc1ccc(SCCN=CC(C#N)c2nc(C)cs2)cc1. The van der Waals surface area contributed by atoms with Crippen LogP contribution in [0.5, 0.6) is 0 Å². The predicted octanol–water partition coefficient (Wildman–Crippen LogP) is 4.23. The van der Waals surface area contributed by atoms with Crippen LogP contribution in [0.3, 0.4) is 0 Å². The molecule has 0 amide bonds. The van der Waals surface area contributed by atoms with Gasteiger partial charge < -0.3 is 0 Å². The van der Waals surface area contributed by atoms with Gasteiger partial charge in [0.1, 0.15) is 10.9 Å². The number of nitriles is 1. The van der Waals surface area contributed by atoms with Crippen molar-refractivity contribution in [1.29, 1.82) is 5.26 Å². The molecule has 2 rings (SSSR count). The molecular formula is C16H17N3S2. The van der Waals surface area contributed by atoms with Crippen LogP contribution >= 0.6 is 23.1 Å². The van der Waals surface area contributed by atoms with Crippen molar-refractivity contribution in [3.05, 3.63) is 45.9 Å². The van der Waals surface area contributed by atoms with Gasteiger partial charge in [0.15, 0.2) is 0 Å². The van der Waals surface area contributed by atoms with Crippen LogP contribution in [0.1, 0.15) is 22.2 Å². The number of aryl methyl sites for hydroxylation is 2. The van der Waals surface area contributed by atoms with E-state index in [2.05, 4.69) is 47.2 Å². The van der Waals surface area contributed by atoms with E-state index in [9.17, 15) is 0 Å². The summed E-state index contributed by atoms with van der Waals surface area (Å²) >= 11 is 3.29. The fraction of sp³-hybridized carbons (Fsp3) is 0.312. The number of hydrogen-bond donors (Lipinski definition) is 0. The molecule has 1 atom stereocenters. The van der Waals surface area contributed by atoms with Crippen LogP contribution in [0.2, 0.25) is 0 Å². The summed E-state index contributed by atoms with van der Waals surface area (Å²) in [6.45, 7) is 4.73. The summed E-state index contributed by atoms with van der Waals surface area (Å²) in [6, 6.07) is 10.7. The van der Waals surface area contributed by atoms with Gasteiger partial charge in [-0.3, -0.25) is 4.99 Å². The molecule has 0 saturated carbocycles. The van der Waals surface area contributed by atoms with Crippen molar-refractivity contribution in [2.45, 2.75) is 24.7 Å². The summed E-state index contributed by atoms with van der Waals surface area (Å²) in [7, 11) is 0. The van der Waals surface area contributed by atoms with E-state index in [1.54, 1.807) is 18.0 Å². The highest BCUT2D eigenvalue weighted by Crippen LogP contribution is 2.19. The molecule has 21 heavy (non-hydrogen) atoms. The monoisotopic (exact) mass is 315 g/mol. The lowest BCUT2D eigenvalue weighted by Gasteiger charge is -2.00. The number of thiazole rings is 1. The first kappa shape index (κ1) is 15.7. The van der Waals surface area contributed by atoms with Crippen molar-refractivity contribution in [3.63, 3.8) is 0 Å². The number of thioether (sulfide) groups is 1. The highest BCUT2D eigenvalue weighted by Gasteiger charge is 2.11. The van der Waals surface area contributed by atoms with Crippen LogP contribution in [-0.2, 0) is 0 Å². The molecule has 0 spiro atoms. The molecule has 0 aliphatic rings. The second kappa shape index (κ2) is 7.96. The average molecular weight is 315 g/mol. The summed E-state index contributed by atoms with van der Waals surface area (Å²) in [6.07, 6.45) is 1.72. The Labute approximate surface area is 133 Å². The lowest BCUT2D eigenvalue weighted by atomic mass is 10.2. The zero-order valence-corrected chi connectivity index (χ0v) is 13.7. The van der Waals surface area contributed by atoms with Gasteiger partial charge >= 0.3 is 0 Å². The Balaban J connectivity index is 1.79. The number of hydrogen-bond acceptors (Lipinski definition) is 5. The molecule has 3 nitrogen and oxygen atoms in total. The van der Waals surface area contributed by atoms with E-state index >= 15 is 0 Å². The first-order chi connectivity index (χ1) is 10.2. The van der Waals surface area contributed by atoms with E-state index in [1.165, 1.54) is 21.8 Å². The fourth-order valence-electron chi connectivity index (χ4n) is 1.70. The van der Waals surface area contributed by atoms with Crippen molar-refractivity contribution in [3.8, 4) is 6.07 Å². The van der Waals surface area contributed by atoms with Crippen LogP contribution in [0.4, 0.5) is 0 Å². The predicted molar refractivity (Wildman–Crippen MR) is 90.5 cm³/mol. The Morgan fingerprint density at radius 2 is 2.14 bits per heavy atom. The summed E-state index contributed by atoms with van der Waals surface area (Å²) in [5, 5.41) is 12.0. The quantitative estimate of drug-likeness (QED) is 0.455. The van der Waals surface area contributed by atoms with Gasteiger partial charge in [-0.1, -0.05) is 17.7 Å². The molecule has 0 aliphatic carbocycles. The fourth-order valence-corrected chi connectivity index (χ4v) is 3.26. The van der Waals surface area contributed by atoms with Gasteiger partial charge in [-0.25, -0.2) is 4.98 Å². The van der Waals surface area contributed by atoms with E-state index in [4.69, 9.17) is 5.26 Å². The topological polar surface area (TPSA) is 49.0 Å². The van der Waals surface area contributed by atoms with Gasteiger partial charge in [0.2, 0.25) is 0 Å². The van der Waals surface area contributed by atoms with Gasteiger partial charge in [-0.05, 0) is 26.0 Å². The summed E-state index contributed by atoms with van der Waals surface area (Å²) in [5.41, 5.74) is 2.23. The minimum Gasteiger partial charge on any atom is -0.295 e. The largest absolute Gasteiger partial charge is 0.295 e. The third kappa shape index (κ3) is 5.00. The highest BCUT2D eigenvalue weighted by atomic mass is 32.2. The van der Waals surface area contributed by atoms with E-state index < -0.39 is 0 Å². The third-order valence-corrected chi connectivity index (χ3v) is 4.84. The molecule has 0 aliphatic heterocycles. The Morgan fingerprint density at radius 1 is 1.38 bits per heavy atom. The molecule has 1 heterocycles. The zero-order valence-electron chi connectivity index (χ0n) is 12.1. The lowest BCUT2D eigenvalue weighted by Crippen LogP contribution is -1.98.